The van der Waals surface area contributed by atoms with Crippen LogP contribution in [0.2, 0.25) is 0 Å². The van der Waals surface area contributed by atoms with Crippen molar-refractivity contribution >= 4 is 10.0 Å². The summed E-state index contributed by atoms with van der Waals surface area (Å²) in [6.45, 7) is 8.77. The molecule has 1 aliphatic heterocycles. The molecule has 0 unspecified atom stereocenters. The van der Waals surface area contributed by atoms with Crippen molar-refractivity contribution in [2.45, 2.75) is 0 Å². The Bertz CT molecular complexity index is 310. The van der Waals surface area contributed by atoms with Gasteiger partial charge >= 0.3 is 0 Å². The van der Waals surface area contributed by atoms with Gasteiger partial charge < -0.3 is 5.32 Å². The van der Waals surface area contributed by atoms with Crippen LogP contribution < -0.4 is 5.32 Å². The van der Waals surface area contributed by atoms with Crippen LogP contribution in [0.15, 0.2) is 12.7 Å². The average molecular weight is 247 g/mol. The Labute approximate surface area is 98.2 Å². The van der Waals surface area contributed by atoms with E-state index >= 15 is 0 Å². The quantitative estimate of drug-likeness (QED) is 0.633. The van der Waals surface area contributed by atoms with Gasteiger partial charge in [0.25, 0.3) is 0 Å². The minimum absolute atomic E-state index is 0.0189. The van der Waals surface area contributed by atoms with Gasteiger partial charge in [-0.1, -0.05) is 6.08 Å². The molecule has 0 amide bonds. The first-order valence-corrected chi connectivity index (χ1v) is 7.15. The molecule has 0 spiro atoms. The third-order valence-electron chi connectivity index (χ3n) is 2.74. The van der Waals surface area contributed by atoms with E-state index in [0.29, 0.717) is 6.54 Å². The van der Waals surface area contributed by atoms with Gasteiger partial charge in [-0.3, -0.25) is 4.90 Å². The number of rotatable bonds is 6. The first-order chi connectivity index (χ1) is 7.56. The highest BCUT2D eigenvalue weighted by atomic mass is 32.2. The van der Waals surface area contributed by atoms with Crippen molar-refractivity contribution < 1.29 is 8.42 Å². The second-order valence-corrected chi connectivity index (χ2v) is 6.10. The maximum absolute atomic E-state index is 11.6. The summed E-state index contributed by atoms with van der Waals surface area (Å²) in [6.07, 6.45) is 1.43. The lowest BCUT2D eigenvalue weighted by Crippen LogP contribution is -2.46. The molecule has 6 heteroatoms. The molecule has 1 rings (SSSR count). The van der Waals surface area contributed by atoms with Gasteiger partial charge in [0, 0.05) is 46.3 Å². The van der Waals surface area contributed by atoms with Crippen LogP contribution in [-0.4, -0.2) is 69.7 Å². The summed E-state index contributed by atoms with van der Waals surface area (Å²) in [5.41, 5.74) is 0. The molecule has 0 aromatic heterocycles. The van der Waals surface area contributed by atoms with Crippen LogP contribution in [0, 0.1) is 0 Å². The zero-order valence-electron chi connectivity index (χ0n) is 9.85. The van der Waals surface area contributed by atoms with Crippen LogP contribution >= 0.6 is 0 Å². The van der Waals surface area contributed by atoms with E-state index in [-0.39, 0.29) is 5.75 Å². The van der Waals surface area contributed by atoms with Crippen LogP contribution in [-0.2, 0) is 10.0 Å². The summed E-state index contributed by atoms with van der Waals surface area (Å²) in [5.74, 6) is 0.0189. The standard InChI is InChI=1S/C10H21N3O2S/c1-3-10-16(14,15)12(2)8-9-13-6-4-11-5-7-13/h3,11H,1,4-10H2,2H3. The van der Waals surface area contributed by atoms with Crippen molar-refractivity contribution in [3.05, 3.63) is 12.7 Å². The van der Waals surface area contributed by atoms with E-state index in [2.05, 4.69) is 16.8 Å². The lowest BCUT2D eigenvalue weighted by atomic mass is 10.3. The molecule has 94 valence electrons. The first-order valence-electron chi connectivity index (χ1n) is 5.54. The lowest BCUT2D eigenvalue weighted by Gasteiger charge is -2.28. The van der Waals surface area contributed by atoms with E-state index in [1.807, 2.05) is 0 Å². The third kappa shape index (κ3) is 4.21. The summed E-state index contributed by atoms with van der Waals surface area (Å²) in [7, 11) is -1.51. The van der Waals surface area contributed by atoms with E-state index in [1.54, 1.807) is 7.05 Å². The fraction of sp³-hybridized carbons (Fsp3) is 0.800. The van der Waals surface area contributed by atoms with Crippen molar-refractivity contribution in [1.82, 2.24) is 14.5 Å². The van der Waals surface area contributed by atoms with Crippen molar-refractivity contribution in [2.75, 3.05) is 52.1 Å². The SMILES string of the molecule is C=CCS(=O)(=O)N(C)CCN1CCNCC1. The van der Waals surface area contributed by atoms with Gasteiger partial charge in [-0.15, -0.1) is 6.58 Å². The molecule has 1 saturated heterocycles. The fourth-order valence-electron chi connectivity index (χ4n) is 1.63. The van der Waals surface area contributed by atoms with Crippen LogP contribution in [0.1, 0.15) is 0 Å². The molecule has 0 radical (unpaired) electrons. The summed E-state index contributed by atoms with van der Waals surface area (Å²) in [6, 6.07) is 0. The maximum Gasteiger partial charge on any atom is 0.217 e. The van der Waals surface area contributed by atoms with Gasteiger partial charge in [-0.2, -0.15) is 0 Å². The van der Waals surface area contributed by atoms with Crippen molar-refractivity contribution in [2.24, 2.45) is 0 Å². The summed E-state index contributed by atoms with van der Waals surface area (Å²) < 4.78 is 24.7. The predicted molar refractivity (Wildman–Crippen MR) is 65.9 cm³/mol. The van der Waals surface area contributed by atoms with Gasteiger partial charge in [0.2, 0.25) is 10.0 Å². The minimum Gasteiger partial charge on any atom is -0.314 e. The van der Waals surface area contributed by atoms with Crippen LogP contribution in [0.5, 0.6) is 0 Å². The number of sulfonamides is 1. The fourth-order valence-corrected chi connectivity index (χ4v) is 2.54. The Morgan fingerprint density at radius 1 is 1.44 bits per heavy atom. The van der Waals surface area contributed by atoms with Crippen molar-refractivity contribution in [3.8, 4) is 0 Å². The zero-order chi connectivity index (χ0) is 12.0. The van der Waals surface area contributed by atoms with E-state index in [1.165, 1.54) is 10.4 Å². The molecule has 0 bridgehead atoms. The topological polar surface area (TPSA) is 52.7 Å². The van der Waals surface area contributed by atoms with Crippen molar-refractivity contribution in [1.29, 1.82) is 0 Å². The average Bonchev–Trinajstić information content (AvgIpc) is 2.27. The summed E-state index contributed by atoms with van der Waals surface area (Å²) in [5, 5.41) is 3.27. The second-order valence-electron chi connectivity index (χ2n) is 3.98. The smallest absolute Gasteiger partial charge is 0.217 e. The van der Waals surface area contributed by atoms with Crippen LogP contribution in [0.4, 0.5) is 0 Å². The third-order valence-corrected chi connectivity index (χ3v) is 4.53. The Morgan fingerprint density at radius 2 is 2.06 bits per heavy atom. The summed E-state index contributed by atoms with van der Waals surface area (Å²) in [4.78, 5) is 2.27. The molecule has 0 aromatic rings. The molecular formula is C10H21N3O2S. The van der Waals surface area contributed by atoms with Crippen LogP contribution in [0.3, 0.4) is 0 Å². The molecule has 0 atom stereocenters. The molecule has 0 aliphatic carbocycles. The Hall–Kier alpha value is -0.430. The van der Waals surface area contributed by atoms with Gasteiger partial charge in [0.1, 0.15) is 0 Å². The lowest BCUT2D eigenvalue weighted by molar-refractivity contribution is 0.229. The largest absolute Gasteiger partial charge is 0.314 e. The molecular weight excluding hydrogens is 226 g/mol. The molecule has 1 fully saturated rings. The normalized spacial score (nSPS) is 18.9. The maximum atomic E-state index is 11.6. The molecule has 5 nitrogen and oxygen atoms in total. The van der Waals surface area contributed by atoms with Crippen molar-refractivity contribution in [3.63, 3.8) is 0 Å². The number of nitrogens with zero attached hydrogens (tertiary/aromatic N) is 2. The molecule has 16 heavy (non-hydrogen) atoms. The van der Waals surface area contributed by atoms with Crippen LogP contribution in [0.25, 0.3) is 0 Å². The predicted octanol–water partition coefficient (Wildman–Crippen LogP) is -0.661. The monoisotopic (exact) mass is 247 g/mol. The Balaban J connectivity index is 2.33. The van der Waals surface area contributed by atoms with Gasteiger partial charge in [0.05, 0.1) is 5.75 Å². The molecule has 1 aliphatic rings. The van der Waals surface area contributed by atoms with E-state index in [0.717, 1.165) is 32.7 Å². The van der Waals surface area contributed by atoms with Gasteiger partial charge in [-0.05, 0) is 0 Å². The van der Waals surface area contributed by atoms with Gasteiger partial charge in [-0.25, -0.2) is 12.7 Å². The summed E-state index contributed by atoms with van der Waals surface area (Å²) >= 11 is 0. The number of hydrogen-bond acceptors (Lipinski definition) is 4. The molecule has 0 saturated carbocycles. The van der Waals surface area contributed by atoms with Gasteiger partial charge in [0.15, 0.2) is 0 Å². The first kappa shape index (κ1) is 13.6. The van der Waals surface area contributed by atoms with E-state index in [9.17, 15) is 8.42 Å². The second kappa shape index (κ2) is 6.34. The van der Waals surface area contributed by atoms with E-state index in [4.69, 9.17) is 0 Å². The number of piperazine rings is 1. The molecule has 1 N–H and O–H groups in total. The minimum atomic E-state index is -3.14. The highest BCUT2D eigenvalue weighted by Gasteiger charge is 2.17. The Kier molecular flexibility index (Phi) is 5.40. The van der Waals surface area contributed by atoms with E-state index < -0.39 is 10.0 Å². The highest BCUT2D eigenvalue weighted by molar-refractivity contribution is 7.89. The number of hydrogen-bond donors (Lipinski definition) is 1. The molecule has 0 aromatic carbocycles. The number of likely N-dealkylation sites (N-methyl/N-ethyl adjacent to an activating group) is 1. The highest BCUT2D eigenvalue weighted by Crippen LogP contribution is 2.00. The zero-order valence-corrected chi connectivity index (χ0v) is 10.7. The Morgan fingerprint density at radius 3 is 2.62 bits per heavy atom. The molecule has 1 heterocycles. The number of nitrogens with one attached hydrogen (secondary N) is 1.